The Morgan fingerprint density at radius 1 is 0.744 bits per heavy atom. The van der Waals surface area contributed by atoms with Gasteiger partial charge in [-0.3, -0.25) is 0 Å². The molecule has 0 radical (unpaired) electrons. The van der Waals surface area contributed by atoms with Gasteiger partial charge in [0.15, 0.2) is 6.20 Å². The van der Waals surface area contributed by atoms with Crippen molar-refractivity contribution in [3.8, 4) is 22.8 Å². The lowest BCUT2D eigenvalue weighted by molar-refractivity contribution is -0.659. The fourth-order valence-electron chi connectivity index (χ4n) is 6.63. The van der Waals surface area contributed by atoms with Gasteiger partial charge >= 0.3 is 0 Å². The van der Waals surface area contributed by atoms with Gasteiger partial charge < -0.3 is 9.15 Å². The van der Waals surface area contributed by atoms with E-state index < -0.39 is 0 Å². The molecule has 0 atom stereocenters. The Hall–Kier alpha value is -4.37. The van der Waals surface area contributed by atoms with Crippen molar-refractivity contribution in [1.29, 1.82) is 0 Å². The maximum Gasteiger partial charge on any atom is 0.228 e. The van der Waals surface area contributed by atoms with Crippen LogP contribution in [0.25, 0.3) is 65.5 Å². The Kier molecular flexibility index (Phi) is 4.41. The zero-order chi connectivity index (χ0) is 26.6. The van der Waals surface area contributed by atoms with E-state index in [1.807, 2.05) is 0 Å². The van der Waals surface area contributed by atoms with Gasteiger partial charge in [-0.15, -0.1) is 0 Å². The fourth-order valence-corrected chi connectivity index (χ4v) is 6.63. The number of pyridine rings is 1. The Morgan fingerprint density at radius 2 is 1.54 bits per heavy atom. The molecule has 2 aromatic heterocycles. The molecule has 0 unspecified atom stereocenters. The Labute approximate surface area is 227 Å². The highest BCUT2D eigenvalue weighted by molar-refractivity contribution is 6.20. The van der Waals surface area contributed by atoms with E-state index >= 15 is 0 Å². The third kappa shape index (κ3) is 3.26. The van der Waals surface area contributed by atoms with Gasteiger partial charge in [0.1, 0.15) is 35.1 Å². The molecule has 1 aliphatic heterocycles. The third-order valence-corrected chi connectivity index (χ3v) is 8.30. The number of aryl methyl sites for hydroxylation is 2. The molecule has 1 aliphatic rings. The van der Waals surface area contributed by atoms with E-state index in [0.717, 1.165) is 56.2 Å². The number of fused-ring (bicyclic) bond motifs is 8. The van der Waals surface area contributed by atoms with Crippen LogP contribution in [0.4, 0.5) is 0 Å². The Bertz CT molecular complexity index is 2180. The van der Waals surface area contributed by atoms with Crippen molar-refractivity contribution >= 4 is 54.3 Å². The molecule has 5 aromatic carbocycles. The van der Waals surface area contributed by atoms with E-state index in [1.54, 1.807) is 0 Å². The number of furan rings is 1. The summed E-state index contributed by atoms with van der Waals surface area (Å²) < 4.78 is 15.6. The highest BCUT2D eigenvalue weighted by atomic mass is 16.5. The van der Waals surface area contributed by atoms with Crippen molar-refractivity contribution in [3.05, 3.63) is 90.1 Å². The normalized spacial score (nSPS) is 13.1. The summed E-state index contributed by atoms with van der Waals surface area (Å²) in [5, 5.41) is 9.40. The second-order valence-electron chi connectivity index (χ2n) is 12.4. The number of ether oxygens (including phenoxy) is 1. The monoisotopic (exact) mass is 508 g/mol. The molecule has 39 heavy (non-hydrogen) atoms. The number of hydrogen-bond donors (Lipinski definition) is 0. The molecule has 0 aliphatic carbocycles. The average molecular weight is 509 g/mol. The smallest absolute Gasteiger partial charge is 0.228 e. The van der Waals surface area contributed by atoms with Gasteiger partial charge in [-0.25, -0.2) is 4.57 Å². The fraction of sp³-hybridized carbons (Fsp3) is 0.194. The molecular weight excluding hydrogens is 478 g/mol. The van der Waals surface area contributed by atoms with E-state index in [9.17, 15) is 0 Å². The molecule has 0 saturated heterocycles. The lowest BCUT2D eigenvalue weighted by Crippen LogP contribution is -2.31. The first-order valence-electron chi connectivity index (χ1n) is 13.7. The zero-order valence-corrected chi connectivity index (χ0v) is 23.0. The van der Waals surface area contributed by atoms with Crippen LogP contribution >= 0.6 is 0 Å². The van der Waals surface area contributed by atoms with Crippen molar-refractivity contribution in [3.63, 3.8) is 0 Å². The third-order valence-electron chi connectivity index (χ3n) is 8.30. The van der Waals surface area contributed by atoms with Crippen LogP contribution in [0.3, 0.4) is 0 Å². The summed E-state index contributed by atoms with van der Waals surface area (Å²) in [5.74, 6) is 1.80. The molecule has 190 valence electrons. The van der Waals surface area contributed by atoms with Gasteiger partial charge in [0, 0.05) is 22.2 Å². The lowest BCUT2D eigenvalue weighted by Gasteiger charge is -2.22. The molecule has 0 saturated carbocycles. The second-order valence-corrected chi connectivity index (χ2v) is 12.4. The average Bonchev–Trinajstić information content (AvgIpc) is 3.26. The van der Waals surface area contributed by atoms with E-state index in [-0.39, 0.29) is 5.41 Å². The molecule has 0 bridgehead atoms. The first-order chi connectivity index (χ1) is 18.7. The van der Waals surface area contributed by atoms with Gasteiger partial charge in [0.25, 0.3) is 0 Å². The maximum atomic E-state index is 6.79. The highest BCUT2D eigenvalue weighted by Crippen LogP contribution is 2.51. The van der Waals surface area contributed by atoms with Gasteiger partial charge in [-0.1, -0.05) is 51.1 Å². The molecule has 3 nitrogen and oxygen atoms in total. The minimum atomic E-state index is 0.217. The van der Waals surface area contributed by atoms with Crippen LogP contribution in [0.15, 0.2) is 83.4 Å². The SMILES string of the molecule is Cc1c2c(cc3cc4ccccc4cc13)Oc1cc3c4cc(CC(C)(C)C)ccc4oc3c3cc[n+](C)c-2c13. The lowest BCUT2D eigenvalue weighted by atomic mass is 9.87. The maximum absolute atomic E-state index is 6.79. The molecule has 0 fully saturated rings. The van der Waals surface area contributed by atoms with Crippen molar-refractivity contribution in [2.75, 3.05) is 0 Å². The molecule has 3 heterocycles. The molecule has 7 aromatic rings. The van der Waals surface area contributed by atoms with E-state index in [4.69, 9.17) is 9.15 Å². The van der Waals surface area contributed by atoms with Crippen LogP contribution in [-0.4, -0.2) is 0 Å². The predicted molar refractivity (Wildman–Crippen MR) is 161 cm³/mol. The molecule has 0 spiro atoms. The number of aromatic nitrogens is 1. The Morgan fingerprint density at radius 3 is 2.33 bits per heavy atom. The number of hydrogen-bond acceptors (Lipinski definition) is 2. The summed E-state index contributed by atoms with van der Waals surface area (Å²) in [7, 11) is 2.12. The number of benzene rings is 5. The summed E-state index contributed by atoms with van der Waals surface area (Å²) in [6, 6.07) is 26.4. The minimum Gasteiger partial charge on any atom is -0.455 e. The van der Waals surface area contributed by atoms with E-state index in [1.165, 1.54) is 38.4 Å². The van der Waals surface area contributed by atoms with Gasteiger partial charge in [0.2, 0.25) is 5.69 Å². The van der Waals surface area contributed by atoms with Crippen molar-refractivity contribution in [2.24, 2.45) is 12.5 Å². The summed E-state index contributed by atoms with van der Waals surface area (Å²) in [5.41, 5.74) is 6.95. The van der Waals surface area contributed by atoms with Crippen molar-refractivity contribution in [2.45, 2.75) is 34.1 Å². The summed E-state index contributed by atoms with van der Waals surface area (Å²) in [6.45, 7) is 9.07. The highest BCUT2D eigenvalue weighted by Gasteiger charge is 2.32. The van der Waals surface area contributed by atoms with Crippen LogP contribution in [-0.2, 0) is 13.5 Å². The number of rotatable bonds is 1. The summed E-state index contributed by atoms with van der Waals surface area (Å²) in [4.78, 5) is 0. The van der Waals surface area contributed by atoms with Crippen LogP contribution in [0.2, 0.25) is 0 Å². The molecule has 0 amide bonds. The first-order valence-corrected chi connectivity index (χ1v) is 13.7. The largest absolute Gasteiger partial charge is 0.455 e. The van der Waals surface area contributed by atoms with Crippen LogP contribution in [0.1, 0.15) is 31.9 Å². The molecular formula is C36H30NO2+. The predicted octanol–water partition coefficient (Wildman–Crippen LogP) is 9.54. The van der Waals surface area contributed by atoms with Gasteiger partial charge in [0.05, 0.1) is 5.56 Å². The van der Waals surface area contributed by atoms with Crippen molar-refractivity contribution in [1.82, 2.24) is 0 Å². The first kappa shape index (κ1) is 22.6. The minimum absolute atomic E-state index is 0.217. The van der Waals surface area contributed by atoms with Gasteiger partial charge in [-0.2, -0.15) is 0 Å². The second kappa shape index (κ2) is 7.60. The summed E-state index contributed by atoms with van der Waals surface area (Å²) >= 11 is 0. The van der Waals surface area contributed by atoms with Gasteiger partial charge in [-0.05, 0) is 87.8 Å². The van der Waals surface area contributed by atoms with Crippen LogP contribution in [0, 0.1) is 12.3 Å². The molecule has 8 rings (SSSR count). The van der Waals surface area contributed by atoms with Crippen molar-refractivity contribution < 1.29 is 13.7 Å². The quantitative estimate of drug-likeness (QED) is 0.163. The van der Waals surface area contributed by atoms with Crippen LogP contribution < -0.4 is 9.30 Å². The Balaban J connectivity index is 1.44. The molecule has 0 N–H and O–H groups in total. The summed E-state index contributed by atoms with van der Waals surface area (Å²) in [6.07, 6.45) is 3.17. The van der Waals surface area contributed by atoms with Crippen LogP contribution in [0.5, 0.6) is 11.5 Å². The zero-order valence-electron chi connectivity index (χ0n) is 23.0. The molecule has 3 heteroatoms. The standard InChI is InChI=1S/C36H30NO2/c1-20-26-16-23-9-7-6-8-22(23)15-24(26)17-30-32(20)34-33-25(12-13-37(34)5)35-28(18-31(33)38-30)27-14-21(19-36(2,3)4)10-11-29(27)39-35/h6-18H,19H2,1-5H3/q+1. The van der Waals surface area contributed by atoms with E-state index in [0.29, 0.717) is 0 Å². The topological polar surface area (TPSA) is 26.2 Å². The van der Waals surface area contributed by atoms with E-state index in [2.05, 4.69) is 118 Å². The number of nitrogens with zero attached hydrogens (tertiary/aromatic N) is 1.